The van der Waals surface area contributed by atoms with Crippen molar-refractivity contribution in [2.45, 2.75) is 19.0 Å². The number of ketones is 1. The summed E-state index contributed by atoms with van der Waals surface area (Å²) in [6.45, 7) is 0. The van der Waals surface area contributed by atoms with Crippen molar-refractivity contribution >= 4 is 15.6 Å². The van der Waals surface area contributed by atoms with Crippen molar-refractivity contribution in [2.75, 3.05) is 11.5 Å². The fourth-order valence-electron chi connectivity index (χ4n) is 2.26. The molecule has 3 nitrogen and oxygen atoms in total. The molecule has 1 aliphatic rings. The summed E-state index contributed by atoms with van der Waals surface area (Å²) in [6, 6.07) is 3.99. The Hall–Kier alpha value is -1.37. The van der Waals surface area contributed by atoms with Crippen molar-refractivity contribution in [3.8, 4) is 0 Å². The molecule has 1 heterocycles. The first-order chi connectivity index (χ1) is 9.17. The minimum Gasteiger partial charge on any atom is -0.294 e. The second-order valence-electron chi connectivity index (χ2n) is 4.97. The van der Waals surface area contributed by atoms with Crippen LogP contribution in [0.25, 0.3) is 0 Å². The van der Waals surface area contributed by atoms with Crippen LogP contribution in [0.4, 0.5) is 13.2 Å². The lowest BCUT2D eigenvalue weighted by Crippen LogP contribution is -2.11. The first-order valence-electron chi connectivity index (χ1n) is 6.08. The van der Waals surface area contributed by atoms with E-state index in [1.54, 1.807) is 0 Å². The number of rotatable bonds is 3. The number of halogens is 3. The number of carbonyl (C=O) groups is 1. The standard InChI is InChI=1S/C13H13F3O3S/c14-13(15,16)11-3-1-10(2-4-11)12(17)7-9-5-6-20(18,19)8-9/h1-4,9H,5-8H2. The lowest BCUT2D eigenvalue weighted by atomic mass is 9.97. The Balaban J connectivity index is 2.03. The molecule has 7 heteroatoms. The largest absolute Gasteiger partial charge is 0.416 e. The number of Topliss-reactive ketones (excluding diaryl/α,β-unsaturated/α-hetero) is 1. The predicted molar refractivity (Wildman–Crippen MR) is 67.2 cm³/mol. The molecule has 1 aromatic carbocycles. The zero-order chi connectivity index (χ0) is 15.0. The van der Waals surface area contributed by atoms with E-state index < -0.39 is 21.6 Å². The number of alkyl halides is 3. The molecule has 0 radical (unpaired) electrons. The van der Waals surface area contributed by atoms with E-state index in [9.17, 15) is 26.4 Å². The Morgan fingerprint density at radius 2 is 1.80 bits per heavy atom. The molecule has 110 valence electrons. The maximum atomic E-state index is 12.4. The molecule has 2 rings (SSSR count). The van der Waals surface area contributed by atoms with Gasteiger partial charge in [-0.25, -0.2) is 8.42 Å². The van der Waals surface area contributed by atoms with Crippen molar-refractivity contribution < 1.29 is 26.4 Å². The minimum absolute atomic E-state index is 0.0145. The molecule has 1 aliphatic heterocycles. The van der Waals surface area contributed by atoms with E-state index in [-0.39, 0.29) is 35.2 Å². The maximum absolute atomic E-state index is 12.4. The van der Waals surface area contributed by atoms with Crippen LogP contribution in [0.15, 0.2) is 24.3 Å². The Labute approximate surface area is 114 Å². The Bertz CT molecular complexity index is 603. The molecule has 0 aromatic heterocycles. The van der Waals surface area contributed by atoms with Gasteiger partial charge in [-0.05, 0) is 24.5 Å². The average molecular weight is 306 g/mol. The Morgan fingerprint density at radius 3 is 2.25 bits per heavy atom. The summed E-state index contributed by atoms with van der Waals surface area (Å²) in [7, 11) is -3.05. The molecule has 0 aliphatic carbocycles. The normalized spacial score (nSPS) is 21.9. The highest BCUT2D eigenvalue weighted by atomic mass is 32.2. The predicted octanol–water partition coefficient (Wildman–Crippen LogP) is 2.71. The number of hydrogen-bond donors (Lipinski definition) is 0. The molecular weight excluding hydrogens is 293 g/mol. The highest BCUT2D eigenvalue weighted by Crippen LogP contribution is 2.29. The third kappa shape index (κ3) is 3.59. The van der Waals surface area contributed by atoms with Crippen LogP contribution in [0.3, 0.4) is 0 Å². The molecule has 0 saturated carbocycles. The third-order valence-corrected chi connectivity index (χ3v) is 5.17. The molecule has 0 N–H and O–H groups in total. The lowest BCUT2D eigenvalue weighted by Gasteiger charge is -2.09. The van der Waals surface area contributed by atoms with Crippen LogP contribution >= 0.6 is 0 Å². The van der Waals surface area contributed by atoms with Gasteiger partial charge in [0.2, 0.25) is 0 Å². The van der Waals surface area contributed by atoms with Gasteiger partial charge in [0.05, 0.1) is 17.1 Å². The monoisotopic (exact) mass is 306 g/mol. The summed E-state index contributed by atoms with van der Waals surface area (Å²) >= 11 is 0. The summed E-state index contributed by atoms with van der Waals surface area (Å²) in [5, 5.41) is 0. The van der Waals surface area contributed by atoms with E-state index in [1.807, 2.05) is 0 Å². The van der Waals surface area contributed by atoms with Crippen molar-refractivity contribution in [3.05, 3.63) is 35.4 Å². The highest BCUT2D eigenvalue weighted by molar-refractivity contribution is 7.91. The van der Waals surface area contributed by atoms with E-state index in [2.05, 4.69) is 0 Å². The van der Waals surface area contributed by atoms with Crippen LogP contribution in [-0.2, 0) is 16.0 Å². The van der Waals surface area contributed by atoms with Gasteiger partial charge in [-0.3, -0.25) is 4.79 Å². The van der Waals surface area contributed by atoms with E-state index in [0.29, 0.717) is 6.42 Å². The zero-order valence-electron chi connectivity index (χ0n) is 10.5. The van der Waals surface area contributed by atoms with Crippen molar-refractivity contribution in [3.63, 3.8) is 0 Å². The molecule has 1 unspecified atom stereocenters. The summed E-state index contributed by atoms with van der Waals surface area (Å²) in [5.74, 6) is -0.479. The van der Waals surface area contributed by atoms with Gasteiger partial charge in [-0.1, -0.05) is 12.1 Å². The van der Waals surface area contributed by atoms with Crippen molar-refractivity contribution in [2.24, 2.45) is 5.92 Å². The van der Waals surface area contributed by atoms with Gasteiger partial charge in [0, 0.05) is 12.0 Å². The summed E-state index contributed by atoms with van der Waals surface area (Å²) in [4.78, 5) is 11.9. The summed E-state index contributed by atoms with van der Waals surface area (Å²) in [6.07, 6.45) is -3.93. The van der Waals surface area contributed by atoms with Gasteiger partial charge >= 0.3 is 6.18 Å². The second kappa shape index (κ2) is 5.20. The molecule has 1 atom stereocenters. The van der Waals surface area contributed by atoms with Crippen LogP contribution in [0.2, 0.25) is 0 Å². The smallest absolute Gasteiger partial charge is 0.294 e. The molecule has 20 heavy (non-hydrogen) atoms. The fraction of sp³-hybridized carbons (Fsp3) is 0.462. The van der Waals surface area contributed by atoms with Crippen LogP contribution in [0.5, 0.6) is 0 Å². The Morgan fingerprint density at radius 1 is 1.20 bits per heavy atom. The topological polar surface area (TPSA) is 51.2 Å². The van der Waals surface area contributed by atoms with E-state index >= 15 is 0 Å². The maximum Gasteiger partial charge on any atom is 0.416 e. The van der Waals surface area contributed by atoms with E-state index in [4.69, 9.17) is 0 Å². The van der Waals surface area contributed by atoms with Crippen LogP contribution < -0.4 is 0 Å². The first kappa shape index (κ1) is 15.0. The highest BCUT2D eigenvalue weighted by Gasteiger charge is 2.31. The van der Waals surface area contributed by atoms with Gasteiger partial charge in [-0.2, -0.15) is 13.2 Å². The number of hydrogen-bond acceptors (Lipinski definition) is 3. The van der Waals surface area contributed by atoms with Crippen LogP contribution in [-0.4, -0.2) is 25.7 Å². The van der Waals surface area contributed by atoms with Gasteiger partial charge in [-0.15, -0.1) is 0 Å². The van der Waals surface area contributed by atoms with Gasteiger partial charge in [0.25, 0.3) is 0 Å². The zero-order valence-corrected chi connectivity index (χ0v) is 11.3. The van der Waals surface area contributed by atoms with E-state index in [1.165, 1.54) is 0 Å². The molecule has 1 fully saturated rings. The molecule has 1 saturated heterocycles. The third-order valence-electron chi connectivity index (χ3n) is 3.34. The summed E-state index contributed by atoms with van der Waals surface area (Å²) < 4.78 is 59.7. The van der Waals surface area contributed by atoms with Crippen molar-refractivity contribution in [1.82, 2.24) is 0 Å². The number of carbonyl (C=O) groups excluding carboxylic acids is 1. The average Bonchev–Trinajstić information content (AvgIpc) is 2.67. The number of benzene rings is 1. The second-order valence-corrected chi connectivity index (χ2v) is 7.20. The first-order valence-corrected chi connectivity index (χ1v) is 7.90. The molecule has 0 spiro atoms. The lowest BCUT2D eigenvalue weighted by molar-refractivity contribution is -0.137. The SMILES string of the molecule is O=C(CC1CCS(=O)(=O)C1)c1ccc(C(F)(F)F)cc1. The molecule has 0 amide bonds. The minimum atomic E-state index is -4.43. The van der Waals surface area contributed by atoms with E-state index in [0.717, 1.165) is 24.3 Å². The van der Waals surface area contributed by atoms with Crippen molar-refractivity contribution in [1.29, 1.82) is 0 Å². The summed E-state index contributed by atoms with van der Waals surface area (Å²) in [5.41, 5.74) is -0.625. The molecule has 0 bridgehead atoms. The fourth-order valence-corrected chi connectivity index (χ4v) is 4.12. The van der Waals surface area contributed by atoms with Gasteiger partial charge in [0.15, 0.2) is 15.6 Å². The quantitative estimate of drug-likeness (QED) is 0.807. The van der Waals surface area contributed by atoms with Gasteiger partial charge < -0.3 is 0 Å². The van der Waals surface area contributed by atoms with Crippen LogP contribution in [0.1, 0.15) is 28.8 Å². The number of sulfone groups is 1. The van der Waals surface area contributed by atoms with Gasteiger partial charge in [0.1, 0.15) is 0 Å². The Kier molecular flexibility index (Phi) is 3.90. The molecular formula is C13H13F3O3S. The molecule has 1 aromatic rings. The van der Waals surface area contributed by atoms with Crippen LogP contribution in [0, 0.1) is 5.92 Å².